The SMILES string of the molecule is CCCN(CC1CN(C)CCO1)C1CNC1. The van der Waals surface area contributed by atoms with Crippen molar-refractivity contribution in [3.05, 3.63) is 0 Å². The largest absolute Gasteiger partial charge is 0.374 e. The molecule has 1 unspecified atom stereocenters. The zero-order valence-corrected chi connectivity index (χ0v) is 10.6. The minimum absolute atomic E-state index is 0.408. The van der Waals surface area contributed by atoms with Crippen molar-refractivity contribution in [1.29, 1.82) is 0 Å². The highest BCUT2D eigenvalue weighted by atomic mass is 16.5. The molecule has 0 aromatic rings. The molecule has 0 amide bonds. The van der Waals surface area contributed by atoms with Crippen LogP contribution in [0, 0.1) is 0 Å². The van der Waals surface area contributed by atoms with Gasteiger partial charge in [-0.2, -0.15) is 0 Å². The number of rotatable bonds is 5. The molecule has 4 nitrogen and oxygen atoms in total. The Labute approximate surface area is 98.9 Å². The summed E-state index contributed by atoms with van der Waals surface area (Å²) in [5.41, 5.74) is 0. The Morgan fingerprint density at radius 1 is 1.44 bits per heavy atom. The lowest BCUT2D eigenvalue weighted by molar-refractivity contribution is -0.0446. The van der Waals surface area contributed by atoms with E-state index in [1.807, 2.05) is 0 Å². The Bertz CT molecular complexity index is 208. The zero-order chi connectivity index (χ0) is 11.4. The van der Waals surface area contributed by atoms with Crippen LogP contribution in [0.25, 0.3) is 0 Å². The van der Waals surface area contributed by atoms with Crippen LogP contribution in [0.1, 0.15) is 13.3 Å². The van der Waals surface area contributed by atoms with Gasteiger partial charge in [0.15, 0.2) is 0 Å². The van der Waals surface area contributed by atoms with E-state index in [4.69, 9.17) is 4.74 Å². The van der Waals surface area contributed by atoms with Crippen molar-refractivity contribution < 1.29 is 4.74 Å². The van der Waals surface area contributed by atoms with Crippen LogP contribution in [0.3, 0.4) is 0 Å². The van der Waals surface area contributed by atoms with Crippen LogP contribution < -0.4 is 5.32 Å². The second-order valence-corrected chi connectivity index (χ2v) is 5.06. The maximum Gasteiger partial charge on any atom is 0.0829 e. The topological polar surface area (TPSA) is 27.7 Å². The molecule has 2 aliphatic heterocycles. The second-order valence-electron chi connectivity index (χ2n) is 5.06. The normalized spacial score (nSPS) is 28.3. The van der Waals surface area contributed by atoms with E-state index < -0.39 is 0 Å². The maximum absolute atomic E-state index is 5.84. The van der Waals surface area contributed by atoms with E-state index in [1.165, 1.54) is 13.0 Å². The van der Waals surface area contributed by atoms with Gasteiger partial charge in [0.1, 0.15) is 0 Å². The predicted octanol–water partition coefficient (Wildman–Crippen LogP) is 0.000800. The van der Waals surface area contributed by atoms with Crippen LogP contribution in [0.5, 0.6) is 0 Å². The monoisotopic (exact) mass is 227 g/mol. The molecule has 2 rings (SSSR count). The van der Waals surface area contributed by atoms with Crippen LogP contribution >= 0.6 is 0 Å². The Morgan fingerprint density at radius 3 is 2.81 bits per heavy atom. The lowest BCUT2D eigenvalue weighted by Gasteiger charge is -2.41. The lowest BCUT2D eigenvalue weighted by atomic mass is 10.1. The van der Waals surface area contributed by atoms with Gasteiger partial charge in [0.25, 0.3) is 0 Å². The summed E-state index contributed by atoms with van der Waals surface area (Å²) in [6.07, 6.45) is 1.64. The van der Waals surface area contributed by atoms with Gasteiger partial charge >= 0.3 is 0 Å². The first-order valence-electron chi connectivity index (χ1n) is 6.54. The lowest BCUT2D eigenvalue weighted by Crippen LogP contribution is -2.59. The molecule has 0 aromatic carbocycles. The van der Waals surface area contributed by atoms with Gasteiger partial charge in [0.05, 0.1) is 12.7 Å². The van der Waals surface area contributed by atoms with Crippen LogP contribution in [-0.2, 0) is 4.74 Å². The third kappa shape index (κ3) is 3.17. The molecule has 0 aromatic heterocycles. The predicted molar refractivity (Wildman–Crippen MR) is 65.8 cm³/mol. The van der Waals surface area contributed by atoms with Crippen LogP contribution in [-0.4, -0.2) is 74.9 Å². The number of nitrogens with zero attached hydrogens (tertiary/aromatic N) is 2. The Balaban J connectivity index is 1.79. The van der Waals surface area contributed by atoms with E-state index >= 15 is 0 Å². The fourth-order valence-corrected chi connectivity index (χ4v) is 2.48. The smallest absolute Gasteiger partial charge is 0.0829 e. The van der Waals surface area contributed by atoms with Crippen molar-refractivity contribution >= 4 is 0 Å². The number of nitrogens with one attached hydrogen (secondary N) is 1. The number of ether oxygens (including phenoxy) is 1. The number of hydrogen-bond donors (Lipinski definition) is 1. The van der Waals surface area contributed by atoms with Crippen molar-refractivity contribution in [3.8, 4) is 0 Å². The average Bonchev–Trinajstić information content (AvgIpc) is 2.15. The summed E-state index contributed by atoms with van der Waals surface area (Å²) in [5.74, 6) is 0. The minimum atomic E-state index is 0.408. The molecule has 0 saturated carbocycles. The first-order valence-corrected chi connectivity index (χ1v) is 6.54. The summed E-state index contributed by atoms with van der Waals surface area (Å²) in [6.45, 7) is 9.93. The molecular weight excluding hydrogens is 202 g/mol. The van der Waals surface area contributed by atoms with Crippen molar-refractivity contribution in [2.24, 2.45) is 0 Å². The first-order chi connectivity index (χ1) is 7.79. The molecule has 2 fully saturated rings. The van der Waals surface area contributed by atoms with E-state index in [0.717, 1.165) is 45.4 Å². The molecule has 0 aliphatic carbocycles. The molecule has 2 heterocycles. The molecule has 94 valence electrons. The third-order valence-electron chi connectivity index (χ3n) is 3.57. The van der Waals surface area contributed by atoms with Gasteiger partial charge in [-0.1, -0.05) is 6.92 Å². The summed E-state index contributed by atoms with van der Waals surface area (Å²) >= 11 is 0. The van der Waals surface area contributed by atoms with E-state index in [-0.39, 0.29) is 0 Å². The van der Waals surface area contributed by atoms with Gasteiger partial charge in [-0.05, 0) is 20.0 Å². The van der Waals surface area contributed by atoms with Crippen LogP contribution in [0.2, 0.25) is 0 Å². The number of likely N-dealkylation sites (N-methyl/N-ethyl adjacent to an activating group) is 1. The summed E-state index contributed by atoms with van der Waals surface area (Å²) in [6, 6.07) is 0.746. The molecule has 4 heteroatoms. The first kappa shape index (κ1) is 12.3. The molecule has 0 spiro atoms. The fraction of sp³-hybridized carbons (Fsp3) is 1.00. The quantitative estimate of drug-likeness (QED) is 0.715. The Hall–Kier alpha value is -0.160. The Kier molecular flexibility index (Phi) is 4.58. The van der Waals surface area contributed by atoms with Gasteiger partial charge in [0.2, 0.25) is 0 Å². The molecule has 0 radical (unpaired) electrons. The zero-order valence-electron chi connectivity index (χ0n) is 10.6. The minimum Gasteiger partial charge on any atom is -0.374 e. The van der Waals surface area contributed by atoms with E-state index in [0.29, 0.717) is 6.10 Å². The summed E-state index contributed by atoms with van der Waals surface area (Å²) in [7, 11) is 2.19. The van der Waals surface area contributed by atoms with Gasteiger partial charge in [-0.3, -0.25) is 4.90 Å². The highest BCUT2D eigenvalue weighted by molar-refractivity contribution is 4.86. The number of hydrogen-bond acceptors (Lipinski definition) is 4. The molecule has 2 aliphatic rings. The van der Waals surface area contributed by atoms with Gasteiger partial charge in [0, 0.05) is 38.8 Å². The van der Waals surface area contributed by atoms with Crippen LogP contribution in [0.15, 0.2) is 0 Å². The molecule has 16 heavy (non-hydrogen) atoms. The Morgan fingerprint density at radius 2 is 2.25 bits per heavy atom. The van der Waals surface area contributed by atoms with Gasteiger partial charge < -0.3 is 15.0 Å². The van der Waals surface area contributed by atoms with Gasteiger partial charge in [-0.25, -0.2) is 0 Å². The highest BCUT2D eigenvalue weighted by Crippen LogP contribution is 2.11. The van der Waals surface area contributed by atoms with Crippen molar-refractivity contribution in [2.45, 2.75) is 25.5 Å². The van der Waals surface area contributed by atoms with E-state index in [2.05, 4.69) is 29.1 Å². The molecular formula is C12H25N3O. The van der Waals surface area contributed by atoms with E-state index in [1.54, 1.807) is 0 Å². The summed E-state index contributed by atoms with van der Waals surface area (Å²) < 4.78 is 5.84. The molecule has 2 saturated heterocycles. The van der Waals surface area contributed by atoms with Crippen molar-refractivity contribution in [1.82, 2.24) is 15.1 Å². The highest BCUT2D eigenvalue weighted by Gasteiger charge is 2.27. The van der Waals surface area contributed by atoms with E-state index in [9.17, 15) is 0 Å². The summed E-state index contributed by atoms with van der Waals surface area (Å²) in [4.78, 5) is 4.97. The molecule has 0 bridgehead atoms. The average molecular weight is 227 g/mol. The van der Waals surface area contributed by atoms with Crippen molar-refractivity contribution in [2.75, 3.05) is 52.9 Å². The molecule has 1 atom stereocenters. The second kappa shape index (κ2) is 5.96. The summed E-state index contributed by atoms with van der Waals surface area (Å²) in [5, 5.41) is 3.35. The molecule has 1 N–H and O–H groups in total. The standard InChI is InChI=1S/C12H25N3O/c1-3-4-15(11-7-13-8-11)10-12-9-14(2)5-6-16-12/h11-13H,3-10H2,1-2H3. The van der Waals surface area contributed by atoms with Crippen molar-refractivity contribution in [3.63, 3.8) is 0 Å². The maximum atomic E-state index is 5.84. The van der Waals surface area contributed by atoms with Gasteiger partial charge in [-0.15, -0.1) is 0 Å². The fourth-order valence-electron chi connectivity index (χ4n) is 2.48. The van der Waals surface area contributed by atoms with Crippen LogP contribution in [0.4, 0.5) is 0 Å². The number of morpholine rings is 1. The third-order valence-corrected chi connectivity index (χ3v) is 3.57.